The number of hydrogen-bond donors (Lipinski definition) is 1. The lowest BCUT2D eigenvalue weighted by atomic mass is 10.2. The summed E-state index contributed by atoms with van der Waals surface area (Å²) in [6, 6.07) is 15.9. The second kappa shape index (κ2) is 6.04. The minimum atomic E-state index is 0.711. The summed E-state index contributed by atoms with van der Waals surface area (Å²) < 4.78 is 6.79. The molecule has 0 atom stereocenters. The first-order valence-electron chi connectivity index (χ1n) is 6.56. The Hall–Kier alpha value is -2.89. The van der Waals surface area contributed by atoms with E-state index >= 15 is 0 Å². The van der Waals surface area contributed by atoms with Crippen molar-refractivity contribution in [3.8, 4) is 11.4 Å². The molecule has 0 aliphatic carbocycles. The molecule has 0 bridgehead atoms. The van der Waals surface area contributed by atoms with Crippen LogP contribution in [0, 0.1) is 0 Å². The molecule has 0 radical (unpaired) electrons. The minimum Gasteiger partial charge on any atom is -0.497 e. The van der Waals surface area contributed by atoms with Gasteiger partial charge >= 0.3 is 0 Å². The van der Waals surface area contributed by atoms with Crippen molar-refractivity contribution in [1.82, 2.24) is 20.2 Å². The van der Waals surface area contributed by atoms with Gasteiger partial charge in [-0.25, -0.2) is 0 Å². The van der Waals surface area contributed by atoms with Gasteiger partial charge in [0.05, 0.1) is 18.5 Å². The van der Waals surface area contributed by atoms with Gasteiger partial charge < -0.3 is 10.1 Å². The summed E-state index contributed by atoms with van der Waals surface area (Å²) in [5.74, 6) is 0.854. The first kappa shape index (κ1) is 13.1. The maximum absolute atomic E-state index is 5.15. The van der Waals surface area contributed by atoms with Crippen LogP contribution >= 0.6 is 0 Å². The zero-order chi connectivity index (χ0) is 14.5. The number of tetrazole rings is 1. The van der Waals surface area contributed by atoms with Crippen LogP contribution in [0.1, 0.15) is 5.56 Å². The molecule has 3 rings (SSSR count). The van der Waals surface area contributed by atoms with Gasteiger partial charge in [-0.3, -0.25) is 0 Å². The highest BCUT2D eigenvalue weighted by Gasteiger charge is 2.05. The molecule has 0 fully saturated rings. The second-order valence-corrected chi connectivity index (χ2v) is 4.47. The number of nitrogens with zero attached hydrogens (tertiary/aromatic N) is 4. The van der Waals surface area contributed by atoms with E-state index in [1.54, 1.807) is 18.1 Å². The van der Waals surface area contributed by atoms with Crippen LogP contribution in [-0.2, 0) is 6.54 Å². The van der Waals surface area contributed by atoms with Crippen LogP contribution in [0.15, 0.2) is 54.9 Å². The van der Waals surface area contributed by atoms with E-state index in [0.717, 1.165) is 17.1 Å². The van der Waals surface area contributed by atoms with E-state index in [9.17, 15) is 0 Å². The smallest absolute Gasteiger partial charge is 0.143 e. The summed E-state index contributed by atoms with van der Waals surface area (Å²) in [6.07, 6.45) is 1.58. The van der Waals surface area contributed by atoms with Crippen molar-refractivity contribution in [2.75, 3.05) is 12.4 Å². The van der Waals surface area contributed by atoms with Crippen LogP contribution in [0.5, 0.6) is 5.75 Å². The highest BCUT2D eigenvalue weighted by Crippen LogP contribution is 2.20. The SMILES string of the molecule is COc1ccc(CNc2ccccc2-n2cnnn2)cc1. The molecule has 0 saturated heterocycles. The molecule has 0 amide bonds. The van der Waals surface area contributed by atoms with E-state index < -0.39 is 0 Å². The zero-order valence-corrected chi connectivity index (χ0v) is 11.6. The Balaban J connectivity index is 1.76. The number of methoxy groups -OCH3 is 1. The normalized spacial score (nSPS) is 10.3. The number of aromatic nitrogens is 4. The van der Waals surface area contributed by atoms with Gasteiger partial charge in [-0.2, -0.15) is 4.68 Å². The Bertz CT molecular complexity index is 694. The molecule has 0 spiro atoms. The quantitative estimate of drug-likeness (QED) is 0.777. The maximum atomic E-state index is 5.15. The Morgan fingerprint density at radius 3 is 2.62 bits per heavy atom. The maximum Gasteiger partial charge on any atom is 0.143 e. The molecule has 21 heavy (non-hydrogen) atoms. The third-order valence-electron chi connectivity index (χ3n) is 3.14. The predicted molar refractivity (Wildman–Crippen MR) is 79.5 cm³/mol. The summed E-state index contributed by atoms with van der Waals surface area (Å²) in [7, 11) is 1.66. The Morgan fingerprint density at radius 1 is 1.10 bits per heavy atom. The van der Waals surface area contributed by atoms with E-state index in [4.69, 9.17) is 4.74 Å². The van der Waals surface area contributed by atoms with Crippen molar-refractivity contribution >= 4 is 5.69 Å². The summed E-state index contributed by atoms with van der Waals surface area (Å²) >= 11 is 0. The Labute approximate surface area is 122 Å². The topological polar surface area (TPSA) is 64.9 Å². The van der Waals surface area contributed by atoms with Gasteiger partial charge in [-0.15, -0.1) is 5.10 Å². The van der Waals surface area contributed by atoms with Crippen LogP contribution in [0.25, 0.3) is 5.69 Å². The molecule has 1 aromatic heterocycles. The van der Waals surface area contributed by atoms with E-state index in [1.165, 1.54) is 5.56 Å². The van der Waals surface area contributed by atoms with Crippen molar-refractivity contribution in [3.63, 3.8) is 0 Å². The largest absolute Gasteiger partial charge is 0.497 e. The number of ether oxygens (including phenoxy) is 1. The molecule has 6 heteroatoms. The fraction of sp³-hybridized carbons (Fsp3) is 0.133. The molecule has 6 nitrogen and oxygen atoms in total. The van der Waals surface area contributed by atoms with Crippen LogP contribution in [-0.4, -0.2) is 27.3 Å². The molecule has 0 unspecified atom stereocenters. The highest BCUT2D eigenvalue weighted by atomic mass is 16.5. The molecule has 3 aromatic rings. The second-order valence-electron chi connectivity index (χ2n) is 4.47. The van der Waals surface area contributed by atoms with Crippen LogP contribution in [0.3, 0.4) is 0 Å². The van der Waals surface area contributed by atoms with Gasteiger partial charge in [0.1, 0.15) is 12.1 Å². The van der Waals surface area contributed by atoms with Gasteiger partial charge in [0.25, 0.3) is 0 Å². The third-order valence-corrected chi connectivity index (χ3v) is 3.14. The summed E-state index contributed by atoms with van der Waals surface area (Å²) in [6.45, 7) is 0.711. The van der Waals surface area contributed by atoms with Crippen molar-refractivity contribution < 1.29 is 4.74 Å². The van der Waals surface area contributed by atoms with Gasteiger partial charge in [-0.1, -0.05) is 24.3 Å². The van der Waals surface area contributed by atoms with Gasteiger partial charge in [-0.05, 0) is 40.3 Å². The molecule has 106 valence electrons. The monoisotopic (exact) mass is 281 g/mol. The van der Waals surface area contributed by atoms with Crippen LogP contribution in [0.2, 0.25) is 0 Å². The van der Waals surface area contributed by atoms with Crippen molar-refractivity contribution in [1.29, 1.82) is 0 Å². The summed E-state index contributed by atoms with van der Waals surface area (Å²) in [4.78, 5) is 0. The number of rotatable bonds is 5. The van der Waals surface area contributed by atoms with E-state index in [1.807, 2.05) is 48.5 Å². The minimum absolute atomic E-state index is 0.711. The van der Waals surface area contributed by atoms with Gasteiger partial charge in [0.15, 0.2) is 0 Å². The lowest BCUT2D eigenvalue weighted by Crippen LogP contribution is -2.05. The molecular weight excluding hydrogens is 266 g/mol. The molecule has 0 aliphatic heterocycles. The Morgan fingerprint density at radius 2 is 1.90 bits per heavy atom. The summed E-state index contributed by atoms with van der Waals surface area (Å²) in [5.41, 5.74) is 3.05. The number of hydrogen-bond acceptors (Lipinski definition) is 5. The Kier molecular flexibility index (Phi) is 3.77. The predicted octanol–water partition coefficient (Wildman–Crippen LogP) is 2.28. The fourth-order valence-corrected chi connectivity index (χ4v) is 2.04. The van der Waals surface area contributed by atoms with E-state index in [-0.39, 0.29) is 0 Å². The highest BCUT2D eigenvalue weighted by molar-refractivity contribution is 5.60. The zero-order valence-electron chi connectivity index (χ0n) is 11.6. The molecule has 2 aromatic carbocycles. The molecule has 0 saturated carbocycles. The third kappa shape index (κ3) is 3.00. The van der Waals surface area contributed by atoms with Crippen molar-refractivity contribution in [3.05, 3.63) is 60.4 Å². The van der Waals surface area contributed by atoms with Crippen LogP contribution < -0.4 is 10.1 Å². The lowest BCUT2D eigenvalue weighted by molar-refractivity contribution is 0.414. The van der Waals surface area contributed by atoms with Crippen LogP contribution in [0.4, 0.5) is 5.69 Å². The number of para-hydroxylation sites is 2. The van der Waals surface area contributed by atoms with Gasteiger partial charge in [0, 0.05) is 6.54 Å². The van der Waals surface area contributed by atoms with Crippen molar-refractivity contribution in [2.24, 2.45) is 0 Å². The number of benzene rings is 2. The standard InChI is InChI=1S/C15H15N5O/c1-21-13-8-6-12(7-9-13)10-16-14-4-2-3-5-15(14)20-11-17-18-19-20/h2-9,11,16H,10H2,1H3. The average Bonchev–Trinajstić information content (AvgIpc) is 3.08. The molecule has 1 N–H and O–H groups in total. The van der Waals surface area contributed by atoms with E-state index in [2.05, 4.69) is 20.8 Å². The van der Waals surface area contributed by atoms with Gasteiger partial charge in [0.2, 0.25) is 0 Å². The number of nitrogens with one attached hydrogen (secondary N) is 1. The molecule has 0 aliphatic rings. The number of anilines is 1. The lowest BCUT2D eigenvalue weighted by Gasteiger charge is -2.11. The fourth-order valence-electron chi connectivity index (χ4n) is 2.04. The summed E-state index contributed by atoms with van der Waals surface area (Å²) in [5, 5.41) is 14.7. The average molecular weight is 281 g/mol. The van der Waals surface area contributed by atoms with Crippen molar-refractivity contribution in [2.45, 2.75) is 6.54 Å². The molecule has 1 heterocycles. The molecular formula is C15H15N5O. The first-order chi connectivity index (χ1) is 10.4. The van der Waals surface area contributed by atoms with E-state index in [0.29, 0.717) is 6.54 Å². The first-order valence-corrected chi connectivity index (χ1v) is 6.56.